The molecule has 3 rings (SSSR count). The van der Waals surface area contributed by atoms with Crippen LogP contribution in [0, 0.1) is 0 Å². The SMILES string of the molecule is COC(=O)c1ccc(OC[C@@H](O)CN2CCC[C@H]2c2cccs2)cc1. The van der Waals surface area contributed by atoms with Crippen LogP contribution in [-0.2, 0) is 4.74 Å². The number of carbonyl (C=O) groups is 1. The molecule has 1 aliphatic rings. The highest BCUT2D eigenvalue weighted by Gasteiger charge is 2.28. The number of thiophene rings is 1. The van der Waals surface area contributed by atoms with Gasteiger partial charge in [0, 0.05) is 17.5 Å². The lowest BCUT2D eigenvalue weighted by molar-refractivity contribution is 0.0598. The Kier molecular flexibility index (Phi) is 6.07. The molecule has 1 fully saturated rings. The van der Waals surface area contributed by atoms with Gasteiger partial charge < -0.3 is 14.6 Å². The molecule has 6 heteroatoms. The van der Waals surface area contributed by atoms with Gasteiger partial charge in [-0.3, -0.25) is 4.90 Å². The van der Waals surface area contributed by atoms with Crippen molar-refractivity contribution in [2.75, 3.05) is 26.8 Å². The quantitative estimate of drug-likeness (QED) is 0.768. The van der Waals surface area contributed by atoms with Gasteiger partial charge in [0.2, 0.25) is 0 Å². The zero-order valence-corrected chi connectivity index (χ0v) is 15.1. The first-order valence-corrected chi connectivity index (χ1v) is 9.32. The van der Waals surface area contributed by atoms with E-state index in [0.29, 0.717) is 23.9 Å². The minimum Gasteiger partial charge on any atom is -0.491 e. The maximum atomic E-state index is 11.4. The van der Waals surface area contributed by atoms with Crippen LogP contribution < -0.4 is 4.74 Å². The standard InChI is InChI=1S/C19H23NO4S/c1-23-19(22)14-6-8-16(9-7-14)24-13-15(21)12-20-10-2-4-17(20)18-5-3-11-25-18/h3,5-9,11,15,17,21H,2,4,10,12-13H2,1H3/t15-,17-/m0/s1. The van der Waals surface area contributed by atoms with E-state index in [1.54, 1.807) is 35.6 Å². The van der Waals surface area contributed by atoms with Crippen LogP contribution in [-0.4, -0.2) is 48.9 Å². The van der Waals surface area contributed by atoms with Crippen LogP contribution in [0.25, 0.3) is 0 Å². The number of ether oxygens (including phenoxy) is 2. The molecule has 0 spiro atoms. The number of nitrogens with zero attached hydrogens (tertiary/aromatic N) is 1. The summed E-state index contributed by atoms with van der Waals surface area (Å²) in [6, 6.07) is 11.4. The summed E-state index contributed by atoms with van der Waals surface area (Å²) in [5, 5.41) is 12.4. The topological polar surface area (TPSA) is 59.0 Å². The zero-order chi connectivity index (χ0) is 17.6. The number of hydrogen-bond donors (Lipinski definition) is 1. The summed E-state index contributed by atoms with van der Waals surface area (Å²) in [7, 11) is 1.35. The first kappa shape index (κ1) is 17.9. The van der Waals surface area contributed by atoms with Gasteiger partial charge in [0.1, 0.15) is 18.5 Å². The van der Waals surface area contributed by atoms with E-state index < -0.39 is 6.10 Å². The Morgan fingerprint density at radius 3 is 2.84 bits per heavy atom. The third kappa shape index (κ3) is 4.60. The molecule has 5 nitrogen and oxygen atoms in total. The predicted octanol–water partition coefficient (Wildman–Crippen LogP) is 3.11. The highest BCUT2D eigenvalue weighted by Crippen LogP contribution is 2.34. The second kappa shape index (κ2) is 8.47. The molecule has 0 radical (unpaired) electrons. The van der Waals surface area contributed by atoms with Crippen molar-refractivity contribution in [1.29, 1.82) is 0 Å². The predicted molar refractivity (Wildman–Crippen MR) is 97.2 cm³/mol. The summed E-state index contributed by atoms with van der Waals surface area (Å²) in [6.45, 7) is 1.83. The van der Waals surface area contributed by atoms with E-state index in [0.717, 1.165) is 19.4 Å². The molecule has 25 heavy (non-hydrogen) atoms. The van der Waals surface area contributed by atoms with Gasteiger partial charge in [0.15, 0.2) is 0 Å². The first-order valence-electron chi connectivity index (χ1n) is 8.44. The lowest BCUT2D eigenvalue weighted by Gasteiger charge is -2.26. The van der Waals surface area contributed by atoms with Crippen molar-refractivity contribution in [3.8, 4) is 5.75 Å². The van der Waals surface area contributed by atoms with E-state index in [4.69, 9.17) is 4.74 Å². The Hall–Kier alpha value is -1.89. The second-order valence-electron chi connectivity index (χ2n) is 6.15. The highest BCUT2D eigenvalue weighted by molar-refractivity contribution is 7.10. The fourth-order valence-corrected chi connectivity index (χ4v) is 4.06. The highest BCUT2D eigenvalue weighted by atomic mass is 32.1. The van der Waals surface area contributed by atoms with Gasteiger partial charge in [-0.25, -0.2) is 4.79 Å². The van der Waals surface area contributed by atoms with Gasteiger partial charge >= 0.3 is 5.97 Å². The summed E-state index contributed by atoms with van der Waals surface area (Å²) in [5.41, 5.74) is 0.478. The largest absolute Gasteiger partial charge is 0.491 e. The van der Waals surface area contributed by atoms with Crippen LogP contribution in [0.1, 0.15) is 34.1 Å². The Balaban J connectivity index is 1.49. The smallest absolute Gasteiger partial charge is 0.337 e. The maximum Gasteiger partial charge on any atom is 0.337 e. The van der Waals surface area contributed by atoms with E-state index in [2.05, 4.69) is 27.1 Å². The molecule has 2 aromatic rings. The number of methoxy groups -OCH3 is 1. The number of aliphatic hydroxyl groups excluding tert-OH is 1. The molecule has 0 unspecified atom stereocenters. The molecule has 1 aromatic carbocycles. The molecule has 2 atom stereocenters. The third-order valence-electron chi connectivity index (χ3n) is 4.40. The van der Waals surface area contributed by atoms with E-state index in [-0.39, 0.29) is 12.6 Å². The van der Waals surface area contributed by atoms with Gasteiger partial charge in [0.05, 0.1) is 12.7 Å². The van der Waals surface area contributed by atoms with Crippen LogP contribution in [0.4, 0.5) is 0 Å². The molecule has 0 saturated carbocycles. The molecule has 2 heterocycles. The normalized spacial score (nSPS) is 18.9. The summed E-state index contributed by atoms with van der Waals surface area (Å²) in [5.74, 6) is 0.253. The van der Waals surface area contributed by atoms with Crippen molar-refractivity contribution >= 4 is 17.3 Å². The van der Waals surface area contributed by atoms with Crippen molar-refractivity contribution in [3.05, 3.63) is 52.2 Å². The van der Waals surface area contributed by atoms with Crippen molar-refractivity contribution in [2.24, 2.45) is 0 Å². The summed E-state index contributed by atoms with van der Waals surface area (Å²) in [6.07, 6.45) is 1.75. The van der Waals surface area contributed by atoms with Crippen LogP contribution in [0.15, 0.2) is 41.8 Å². The molecular formula is C19H23NO4S. The van der Waals surface area contributed by atoms with Crippen molar-refractivity contribution in [3.63, 3.8) is 0 Å². The first-order chi connectivity index (χ1) is 12.2. The lowest BCUT2D eigenvalue weighted by Crippen LogP contribution is -2.35. The van der Waals surface area contributed by atoms with Gasteiger partial charge in [0.25, 0.3) is 0 Å². The summed E-state index contributed by atoms with van der Waals surface area (Å²) < 4.78 is 10.3. The maximum absolute atomic E-state index is 11.4. The van der Waals surface area contributed by atoms with Gasteiger partial charge in [-0.2, -0.15) is 0 Å². The number of esters is 1. The Morgan fingerprint density at radius 1 is 1.36 bits per heavy atom. The van der Waals surface area contributed by atoms with Crippen LogP contribution >= 0.6 is 11.3 Å². The van der Waals surface area contributed by atoms with E-state index >= 15 is 0 Å². The number of rotatable bonds is 7. The number of carbonyl (C=O) groups excluding carboxylic acids is 1. The van der Waals surface area contributed by atoms with Crippen molar-refractivity contribution < 1.29 is 19.4 Å². The molecule has 0 amide bonds. The number of benzene rings is 1. The second-order valence-corrected chi connectivity index (χ2v) is 7.13. The Morgan fingerprint density at radius 2 is 2.16 bits per heavy atom. The van der Waals surface area contributed by atoms with E-state index in [1.165, 1.54) is 12.0 Å². The molecule has 0 bridgehead atoms. The number of likely N-dealkylation sites (tertiary alicyclic amines) is 1. The van der Waals surface area contributed by atoms with E-state index in [9.17, 15) is 9.90 Å². The van der Waals surface area contributed by atoms with E-state index in [1.807, 2.05) is 0 Å². The minimum absolute atomic E-state index is 0.227. The number of β-amino-alcohol motifs (C(OH)–C–C–N with tert-alkyl or cyclic N) is 1. The lowest BCUT2D eigenvalue weighted by atomic mass is 10.2. The third-order valence-corrected chi connectivity index (χ3v) is 5.37. The van der Waals surface area contributed by atoms with Gasteiger partial charge in [-0.05, 0) is 55.1 Å². The average molecular weight is 361 g/mol. The molecule has 0 aliphatic carbocycles. The van der Waals surface area contributed by atoms with Crippen molar-refractivity contribution in [2.45, 2.75) is 25.0 Å². The molecular weight excluding hydrogens is 338 g/mol. The Bertz CT molecular complexity index is 671. The molecule has 1 N–H and O–H groups in total. The van der Waals surface area contributed by atoms with Gasteiger partial charge in [-0.1, -0.05) is 6.07 Å². The molecule has 1 aliphatic heterocycles. The fraction of sp³-hybridized carbons (Fsp3) is 0.421. The molecule has 134 valence electrons. The van der Waals surface area contributed by atoms with Crippen LogP contribution in [0.5, 0.6) is 5.75 Å². The molecule has 1 saturated heterocycles. The zero-order valence-electron chi connectivity index (χ0n) is 14.3. The fourth-order valence-electron chi connectivity index (χ4n) is 3.17. The minimum atomic E-state index is -0.555. The van der Waals surface area contributed by atoms with Crippen molar-refractivity contribution in [1.82, 2.24) is 4.90 Å². The molecule has 1 aromatic heterocycles. The monoisotopic (exact) mass is 361 g/mol. The summed E-state index contributed by atoms with van der Waals surface area (Å²) in [4.78, 5) is 15.1. The number of hydrogen-bond acceptors (Lipinski definition) is 6. The van der Waals surface area contributed by atoms with Crippen LogP contribution in [0.2, 0.25) is 0 Å². The van der Waals surface area contributed by atoms with Crippen LogP contribution in [0.3, 0.4) is 0 Å². The van der Waals surface area contributed by atoms with Gasteiger partial charge in [-0.15, -0.1) is 11.3 Å². The Labute approximate surface area is 151 Å². The number of aliphatic hydroxyl groups is 1. The average Bonchev–Trinajstić information content (AvgIpc) is 3.31. The summed E-state index contributed by atoms with van der Waals surface area (Å²) >= 11 is 1.77.